The lowest BCUT2D eigenvalue weighted by Gasteiger charge is -2.35. The maximum absolute atomic E-state index is 12.9. The van der Waals surface area contributed by atoms with Gasteiger partial charge in [-0.25, -0.2) is 0 Å². The first-order valence-electron chi connectivity index (χ1n) is 8.83. The van der Waals surface area contributed by atoms with Crippen LogP contribution in [-0.2, 0) is 11.2 Å². The Balaban J connectivity index is 1.63. The molecule has 0 N–H and O–H groups in total. The second-order valence-electron chi connectivity index (χ2n) is 6.49. The summed E-state index contributed by atoms with van der Waals surface area (Å²) in [6, 6.07) is 9.02. The molecule has 0 aliphatic carbocycles. The fourth-order valence-electron chi connectivity index (χ4n) is 3.40. The van der Waals surface area contributed by atoms with Crippen LogP contribution in [0.5, 0.6) is 5.75 Å². The summed E-state index contributed by atoms with van der Waals surface area (Å²) >= 11 is 1.62. The van der Waals surface area contributed by atoms with Gasteiger partial charge in [-0.1, -0.05) is 12.1 Å². The third-order valence-corrected chi connectivity index (χ3v) is 5.64. The molecule has 29 heavy (non-hydrogen) atoms. The van der Waals surface area contributed by atoms with Gasteiger partial charge < -0.3 is 14.1 Å². The molecule has 1 aliphatic heterocycles. The van der Waals surface area contributed by atoms with E-state index >= 15 is 0 Å². The Kier molecular flexibility index (Phi) is 5.19. The second-order valence-corrected chi connectivity index (χ2v) is 7.49. The molecular weight excluding hydrogens is 403 g/mol. The summed E-state index contributed by atoms with van der Waals surface area (Å²) in [5.74, 6) is -0.469. The van der Waals surface area contributed by atoms with E-state index < -0.39 is 6.36 Å². The van der Waals surface area contributed by atoms with Crippen LogP contribution in [0.25, 0.3) is 6.08 Å². The third-order valence-electron chi connectivity index (χ3n) is 4.64. The van der Waals surface area contributed by atoms with Crippen molar-refractivity contribution in [1.82, 2.24) is 4.90 Å². The van der Waals surface area contributed by atoms with Crippen molar-refractivity contribution >= 4 is 23.3 Å². The average Bonchev–Trinajstić information content (AvgIpc) is 3.36. The largest absolute Gasteiger partial charge is 0.573 e. The van der Waals surface area contributed by atoms with Crippen LogP contribution in [0.4, 0.5) is 13.2 Å². The second kappa shape index (κ2) is 7.79. The monoisotopic (exact) mass is 419 g/mol. The third kappa shape index (κ3) is 4.37. The SMILES string of the molecule is O=C(/C=C/c1ccoc1)N1CCc2sccc2C1c1ccc(OC(F)(F)F)cc1. The number of fused-ring (bicyclic) bond motifs is 1. The molecule has 1 amide bonds. The molecule has 1 atom stereocenters. The first kappa shape index (κ1) is 19.3. The zero-order valence-corrected chi connectivity index (χ0v) is 15.9. The van der Waals surface area contributed by atoms with Crippen LogP contribution >= 0.6 is 11.3 Å². The summed E-state index contributed by atoms with van der Waals surface area (Å²) in [4.78, 5) is 15.8. The highest BCUT2D eigenvalue weighted by atomic mass is 32.1. The maximum atomic E-state index is 12.9. The van der Waals surface area contributed by atoms with Gasteiger partial charge in [-0.3, -0.25) is 4.79 Å². The molecule has 0 fully saturated rings. The summed E-state index contributed by atoms with van der Waals surface area (Å²) < 4.78 is 46.3. The van der Waals surface area contributed by atoms with Gasteiger partial charge >= 0.3 is 6.36 Å². The van der Waals surface area contributed by atoms with Gasteiger partial charge in [-0.2, -0.15) is 0 Å². The van der Waals surface area contributed by atoms with Crippen molar-refractivity contribution in [2.24, 2.45) is 0 Å². The van der Waals surface area contributed by atoms with Gasteiger partial charge in [0.25, 0.3) is 0 Å². The standard InChI is InChI=1S/C21H16F3NO3S/c22-21(23,24)28-16-4-2-15(3-5-16)20-17-9-12-29-18(17)7-10-25(20)19(26)6-1-14-8-11-27-13-14/h1-6,8-9,11-13,20H,7,10H2/b6-1+. The minimum atomic E-state index is -4.74. The normalized spacial score (nSPS) is 16.8. The molecule has 8 heteroatoms. The fraction of sp³-hybridized carbons (Fsp3) is 0.190. The average molecular weight is 419 g/mol. The molecule has 4 rings (SSSR count). The molecule has 0 radical (unpaired) electrons. The van der Waals surface area contributed by atoms with E-state index in [1.54, 1.807) is 40.5 Å². The Morgan fingerprint density at radius 1 is 1.21 bits per heavy atom. The van der Waals surface area contributed by atoms with E-state index in [1.807, 2.05) is 11.4 Å². The number of alkyl halides is 3. The van der Waals surface area contributed by atoms with Crippen LogP contribution in [0.1, 0.15) is 27.6 Å². The van der Waals surface area contributed by atoms with Gasteiger partial charge in [-0.05, 0) is 53.3 Å². The molecule has 1 aromatic carbocycles. The molecule has 0 saturated heterocycles. The Hall–Kier alpha value is -3.00. The molecule has 2 aromatic heterocycles. The zero-order valence-electron chi connectivity index (χ0n) is 15.1. The van der Waals surface area contributed by atoms with Crippen LogP contribution in [0, 0.1) is 0 Å². The number of carbonyl (C=O) groups excluding carboxylic acids is 1. The van der Waals surface area contributed by atoms with E-state index in [1.165, 1.54) is 35.6 Å². The van der Waals surface area contributed by atoms with Crippen LogP contribution < -0.4 is 4.74 Å². The molecule has 0 spiro atoms. The first-order valence-corrected chi connectivity index (χ1v) is 9.71. The van der Waals surface area contributed by atoms with Crippen molar-refractivity contribution in [1.29, 1.82) is 0 Å². The highest BCUT2D eigenvalue weighted by molar-refractivity contribution is 7.10. The van der Waals surface area contributed by atoms with Crippen LogP contribution in [0.3, 0.4) is 0 Å². The number of ether oxygens (including phenoxy) is 1. The van der Waals surface area contributed by atoms with Crippen molar-refractivity contribution in [2.75, 3.05) is 6.54 Å². The summed E-state index contributed by atoms with van der Waals surface area (Å²) in [7, 11) is 0. The van der Waals surface area contributed by atoms with E-state index in [-0.39, 0.29) is 17.7 Å². The number of hydrogen-bond acceptors (Lipinski definition) is 4. The van der Waals surface area contributed by atoms with Crippen molar-refractivity contribution in [3.05, 3.63) is 81.9 Å². The summed E-state index contributed by atoms with van der Waals surface area (Å²) in [5.41, 5.74) is 2.50. The molecule has 4 nitrogen and oxygen atoms in total. The Morgan fingerprint density at radius 2 is 2.00 bits per heavy atom. The lowest BCUT2D eigenvalue weighted by Crippen LogP contribution is -2.39. The van der Waals surface area contributed by atoms with Crippen molar-refractivity contribution in [3.8, 4) is 5.75 Å². The molecule has 0 bridgehead atoms. The zero-order chi connectivity index (χ0) is 20.4. The minimum absolute atomic E-state index is 0.177. The Morgan fingerprint density at radius 3 is 2.69 bits per heavy atom. The first-order chi connectivity index (χ1) is 13.9. The Labute approximate surface area is 168 Å². The quantitative estimate of drug-likeness (QED) is 0.530. The highest BCUT2D eigenvalue weighted by Gasteiger charge is 2.33. The smallest absolute Gasteiger partial charge is 0.472 e. The summed E-state index contributed by atoms with van der Waals surface area (Å²) in [6.07, 6.45) is 2.21. The van der Waals surface area contributed by atoms with E-state index in [4.69, 9.17) is 4.42 Å². The van der Waals surface area contributed by atoms with Crippen molar-refractivity contribution < 1.29 is 27.1 Å². The van der Waals surface area contributed by atoms with Gasteiger partial charge in [0.05, 0.1) is 18.6 Å². The molecule has 1 unspecified atom stereocenters. The van der Waals surface area contributed by atoms with E-state index in [0.29, 0.717) is 6.54 Å². The summed E-state index contributed by atoms with van der Waals surface area (Å²) in [5, 5.41) is 1.97. The van der Waals surface area contributed by atoms with E-state index in [9.17, 15) is 18.0 Å². The van der Waals surface area contributed by atoms with Gasteiger partial charge in [0, 0.05) is 23.1 Å². The molecular formula is C21H16F3NO3S. The lowest BCUT2D eigenvalue weighted by atomic mass is 9.93. The summed E-state index contributed by atoms with van der Waals surface area (Å²) in [6.45, 7) is 0.521. The predicted molar refractivity (Wildman–Crippen MR) is 102 cm³/mol. The highest BCUT2D eigenvalue weighted by Crippen LogP contribution is 2.38. The number of rotatable bonds is 4. The maximum Gasteiger partial charge on any atom is 0.573 e. The molecule has 3 aromatic rings. The predicted octanol–water partition coefficient (Wildman–Crippen LogP) is 5.43. The van der Waals surface area contributed by atoms with Gasteiger partial charge in [0.15, 0.2) is 0 Å². The minimum Gasteiger partial charge on any atom is -0.472 e. The number of halogens is 3. The number of carbonyl (C=O) groups is 1. The fourth-order valence-corrected chi connectivity index (χ4v) is 4.30. The van der Waals surface area contributed by atoms with Crippen LogP contribution in [0.15, 0.2) is 64.8 Å². The van der Waals surface area contributed by atoms with E-state index in [2.05, 4.69) is 4.74 Å². The van der Waals surface area contributed by atoms with Gasteiger partial charge in [0.2, 0.25) is 5.91 Å². The van der Waals surface area contributed by atoms with Gasteiger partial charge in [0.1, 0.15) is 5.75 Å². The lowest BCUT2D eigenvalue weighted by molar-refractivity contribution is -0.274. The number of thiophene rings is 1. The van der Waals surface area contributed by atoms with E-state index in [0.717, 1.165) is 23.1 Å². The Bertz CT molecular complexity index is 1010. The van der Waals surface area contributed by atoms with Gasteiger partial charge in [-0.15, -0.1) is 24.5 Å². The molecule has 1 aliphatic rings. The molecule has 0 saturated carbocycles. The number of benzene rings is 1. The van der Waals surface area contributed by atoms with Crippen LogP contribution in [0.2, 0.25) is 0 Å². The van der Waals surface area contributed by atoms with Crippen LogP contribution in [-0.4, -0.2) is 23.7 Å². The van der Waals surface area contributed by atoms with Crippen molar-refractivity contribution in [2.45, 2.75) is 18.8 Å². The number of amides is 1. The molecule has 150 valence electrons. The van der Waals surface area contributed by atoms with Crippen molar-refractivity contribution in [3.63, 3.8) is 0 Å². The number of furan rings is 1. The molecule has 3 heterocycles. The number of hydrogen-bond donors (Lipinski definition) is 0. The topological polar surface area (TPSA) is 42.7 Å². The number of nitrogens with zero attached hydrogens (tertiary/aromatic N) is 1.